The molecule has 0 unspecified atom stereocenters. The fourth-order valence-electron chi connectivity index (χ4n) is 2.22. The molecule has 1 N–H and O–H groups in total. The minimum Gasteiger partial charge on any atom is -0.312 e. The molecule has 0 heterocycles. The van der Waals surface area contributed by atoms with Crippen molar-refractivity contribution in [2.24, 2.45) is 0 Å². The molecule has 17 heavy (non-hydrogen) atoms. The van der Waals surface area contributed by atoms with Crippen molar-refractivity contribution in [2.45, 2.75) is 97.4 Å². The molecule has 104 valence electrons. The molecule has 0 atom stereocenters. The molecule has 0 aromatic carbocycles. The lowest BCUT2D eigenvalue weighted by Crippen LogP contribution is -2.39. The van der Waals surface area contributed by atoms with Crippen molar-refractivity contribution in [1.82, 2.24) is 5.32 Å². The highest BCUT2D eigenvalue weighted by Crippen LogP contribution is 2.15. The molecule has 0 aromatic heterocycles. The van der Waals surface area contributed by atoms with Crippen molar-refractivity contribution in [3.8, 4) is 0 Å². The predicted molar refractivity (Wildman–Crippen MR) is 79.6 cm³/mol. The summed E-state index contributed by atoms with van der Waals surface area (Å²) in [5.74, 6) is 0. The van der Waals surface area contributed by atoms with Crippen LogP contribution in [0.15, 0.2) is 0 Å². The van der Waals surface area contributed by atoms with Gasteiger partial charge in [0.25, 0.3) is 0 Å². The first-order chi connectivity index (χ1) is 8.12. The molecule has 0 aliphatic heterocycles. The van der Waals surface area contributed by atoms with Gasteiger partial charge in [0.1, 0.15) is 0 Å². The lowest BCUT2D eigenvalue weighted by molar-refractivity contribution is 0.345. The number of rotatable bonds is 12. The smallest absolute Gasteiger partial charge is 0.0125 e. The monoisotopic (exact) mass is 241 g/mol. The zero-order valence-corrected chi connectivity index (χ0v) is 12.8. The van der Waals surface area contributed by atoms with Crippen LogP contribution in [0, 0.1) is 0 Å². The molecule has 0 saturated carbocycles. The summed E-state index contributed by atoms with van der Waals surface area (Å²) in [6.45, 7) is 10.4. The first kappa shape index (κ1) is 17.0. The molecule has 0 amide bonds. The van der Waals surface area contributed by atoms with E-state index in [4.69, 9.17) is 0 Å². The summed E-state index contributed by atoms with van der Waals surface area (Å²) < 4.78 is 0. The largest absolute Gasteiger partial charge is 0.312 e. The van der Waals surface area contributed by atoms with Crippen LogP contribution < -0.4 is 5.32 Å². The Kier molecular flexibility index (Phi) is 11.0. The van der Waals surface area contributed by atoms with E-state index in [9.17, 15) is 0 Å². The van der Waals surface area contributed by atoms with Crippen LogP contribution >= 0.6 is 0 Å². The van der Waals surface area contributed by atoms with E-state index in [2.05, 4.69) is 33.0 Å². The fourth-order valence-corrected chi connectivity index (χ4v) is 2.22. The van der Waals surface area contributed by atoms with E-state index >= 15 is 0 Å². The number of nitrogens with one attached hydrogen (secondary N) is 1. The second-order valence-corrected chi connectivity index (χ2v) is 6.04. The second kappa shape index (κ2) is 11.1. The lowest BCUT2D eigenvalue weighted by Gasteiger charge is -2.26. The zero-order chi connectivity index (χ0) is 13.0. The molecular formula is C16H35N. The lowest BCUT2D eigenvalue weighted by atomic mass is 9.95. The molecule has 0 saturated heterocycles. The number of unbranched alkanes of at least 4 members (excludes halogenated alkanes) is 7. The van der Waals surface area contributed by atoms with E-state index in [1.807, 2.05) is 0 Å². The Morgan fingerprint density at radius 2 is 1.24 bits per heavy atom. The zero-order valence-electron chi connectivity index (χ0n) is 12.8. The molecule has 1 heteroatoms. The minimum absolute atomic E-state index is 0.346. The molecule has 0 aromatic rings. The third-order valence-corrected chi connectivity index (χ3v) is 3.54. The van der Waals surface area contributed by atoms with Gasteiger partial charge in [-0.15, -0.1) is 0 Å². The van der Waals surface area contributed by atoms with Crippen molar-refractivity contribution in [3.63, 3.8) is 0 Å². The predicted octanol–water partition coefficient (Wildman–Crippen LogP) is 5.30. The van der Waals surface area contributed by atoms with Crippen molar-refractivity contribution in [2.75, 3.05) is 6.54 Å². The summed E-state index contributed by atoms with van der Waals surface area (Å²) in [7, 11) is 0. The maximum absolute atomic E-state index is 3.67. The quantitative estimate of drug-likeness (QED) is 0.457. The van der Waals surface area contributed by atoms with Crippen LogP contribution in [0.4, 0.5) is 0 Å². The topological polar surface area (TPSA) is 12.0 Å². The van der Waals surface area contributed by atoms with Crippen LogP contribution in [-0.4, -0.2) is 12.1 Å². The van der Waals surface area contributed by atoms with Crippen LogP contribution in [0.2, 0.25) is 0 Å². The first-order valence-corrected chi connectivity index (χ1v) is 7.87. The summed E-state index contributed by atoms with van der Waals surface area (Å²) >= 11 is 0. The molecule has 0 rings (SSSR count). The Morgan fingerprint density at radius 3 is 1.82 bits per heavy atom. The maximum atomic E-state index is 3.67. The second-order valence-electron chi connectivity index (χ2n) is 6.04. The van der Waals surface area contributed by atoms with Crippen molar-refractivity contribution >= 4 is 0 Å². The summed E-state index contributed by atoms with van der Waals surface area (Å²) in [5, 5.41) is 3.67. The van der Waals surface area contributed by atoms with Gasteiger partial charge in [0.15, 0.2) is 0 Å². The fraction of sp³-hybridized carbons (Fsp3) is 1.00. The summed E-state index contributed by atoms with van der Waals surface area (Å²) in [5.41, 5.74) is 0.346. The normalized spacial score (nSPS) is 12.0. The first-order valence-electron chi connectivity index (χ1n) is 7.87. The highest BCUT2D eigenvalue weighted by molar-refractivity contribution is 4.76. The molecule has 0 aliphatic carbocycles. The van der Waals surface area contributed by atoms with E-state index in [1.54, 1.807) is 0 Å². The van der Waals surface area contributed by atoms with Gasteiger partial charge in [-0.05, 0) is 33.2 Å². The van der Waals surface area contributed by atoms with E-state index in [0.29, 0.717) is 5.54 Å². The van der Waals surface area contributed by atoms with Crippen LogP contribution in [-0.2, 0) is 0 Å². The third kappa shape index (κ3) is 12.2. The number of hydrogen-bond acceptors (Lipinski definition) is 1. The Balaban J connectivity index is 3.32. The van der Waals surface area contributed by atoms with E-state index < -0.39 is 0 Å². The molecule has 0 bridgehead atoms. The maximum Gasteiger partial charge on any atom is 0.0125 e. The molecule has 0 fully saturated rings. The molecule has 0 aliphatic rings. The average Bonchev–Trinajstić information content (AvgIpc) is 2.28. The van der Waals surface area contributed by atoms with Crippen LogP contribution in [0.3, 0.4) is 0 Å². The van der Waals surface area contributed by atoms with Crippen molar-refractivity contribution in [1.29, 1.82) is 0 Å². The highest BCUT2D eigenvalue weighted by Gasteiger charge is 2.15. The van der Waals surface area contributed by atoms with Gasteiger partial charge in [-0.3, -0.25) is 0 Å². The van der Waals surface area contributed by atoms with E-state index in [1.165, 1.54) is 70.8 Å². The third-order valence-electron chi connectivity index (χ3n) is 3.54. The van der Waals surface area contributed by atoms with Crippen molar-refractivity contribution < 1.29 is 0 Å². The van der Waals surface area contributed by atoms with Crippen LogP contribution in [0.1, 0.15) is 91.9 Å². The molecule has 1 nitrogen and oxygen atoms in total. The average molecular weight is 241 g/mol. The SMILES string of the molecule is CCCCCCCCCC(C)(C)NCCCC. The van der Waals surface area contributed by atoms with Gasteiger partial charge in [-0.1, -0.05) is 65.2 Å². The van der Waals surface area contributed by atoms with E-state index in [0.717, 1.165) is 0 Å². The van der Waals surface area contributed by atoms with Gasteiger partial charge in [0.2, 0.25) is 0 Å². The molecule has 0 spiro atoms. The summed E-state index contributed by atoms with van der Waals surface area (Å²) in [4.78, 5) is 0. The highest BCUT2D eigenvalue weighted by atomic mass is 14.9. The van der Waals surface area contributed by atoms with Gasteiger partial charge < -0.3 is 5.32 Å². The van der Waals surface area contributed by atoms with Gasteiger partial charge in [-0.25, -0.2) is 0 Å². The standard InChI is InChI=1S/C16H35N/c1-5-7-9-10-11-12-13-14-16(3,4)17-15-8-6-2/h17H,5-15H2,1-4H3. The van der Waals surface area contributed by atoms with Crippen molar-refractivity contribution in [3.05, 3.63) is 0 Å². The minimum atomic E-state index is 0.346. The van der Waals surface area contributed by atoms with E-state index in [-0.39, 0.29) is 0 Å². The summed E-state index contributed by atoms with van der Waals surface area (Å²) in [6.07, 6.45) is 13.8. The van der Waals surface area contributed by atoms with Gasteiger partial charge >= 0.3 is 0 Å². The van der Waals surface area contributed by atoms with Gasteiger partial charge in [-0.2, -0.15) is 0 Å². The summed E-state index contributed by atoms with van der Waals surface area (Å²) in [6, 6.07) is 0. The van der Waals surface area contributed by atoms with Crippen LogP contribution in [0.25, 0.3) is 0 Å². The van der Waals surface area contributed by atoms with Crippen LogP contribution in [0.5, 0.6) is 0 Å². The Hall–Kier alpha value is -0.0400. The Labute approximate surface area is 110 Å². The Bertz CT molecular complexity index is 152. The van der Waals surface area contributed by atoms with Gasteiger partial charge in [0, 0.05) is 5.54 Å². The van der Waals surface area contributed by atoms with Gasteiger partial charge in [0.05, 0.1) is 0 Å². The Morgan fingerprint density at radius 1 is 0.706 bits per heavy atom. The molecular weight excluding hydrogens is 206 g/mol. The molecule has 0 radical (unpaired) electrons. The number of hydrogen-bond donors (Lipinski definition) is 1.